The van der Waals surface area contributed by atoms with Crippen LogP contribution in [-0.4, -0.2) is 30.6 Å². The summed E-state index contributed by atoms with van der Waals surface area (Å²) < 4.78 is 34.2. The zero-order valence-electron chi connectivity index (χ0n) is 11.1. The van der Waals surface area contributed by atoms with Gasteiger partial charge < -0.3 is 10.5 Å². The van der Waals surface area contributed by atoms with Gasteiger partial charge in [0.05, 0.1) is 17.9 Å². The lowest BCUT2D eigenvalue weighted by molar-refractivity contribution is 0.290. The SMILES string of the molecule is NC1=NS(=O)(=O)Cc2cccc(OCCn3cccn3)c21. The van der Waals surface area contributed by atoms with E-state index in [-0.39, 0.29) is 11.6 Å². The van der Waals surface area contributed by atoms with Crippen molar-refractivity contribution in [2.45, 2.75) is 12.3 Å². The molecular formula is C13H14N4O3S. The molecule has 110 valence electrons. The zero-order chi connectivity index (χ0) is 14.9. The quantitative estimate of drug-likeness (QED) is 0.887. The van der Waals surface area contributed by atoms with Crippen molar-refractivity contribution in [2.24, 2.45) is 10.1 Å². The normalized spacial score (nSPS) is 16.1. The molecule has 0 aliphatic carbocycles. The number of hydrogen-bond acceptors (Lipinski definition) is 5. The van der Waals surface area contributed by atoms with Crippen LogP contribution in [0.5, 0.6) is 5.75 Å². The Bertz CT molecular complexity index is 782. The molecule has 0 saturated carbocycles. The van der Waals surface area contributed by atoms with Gasteiger partial charge in [-0.1, -0.05) is 12.1 Å². The Kier molecular flexibility index (Phi) is 3.38. The maximum Gasteiger partial charge on any atom is 0.259 e. The van der Waals surface area contributed by atoms with Crippen LogP contribution in [-0.2, 0) is 22.3 Å². The number of benzene rings is 1. The number of amidine groups is 1. The lowest BCUT2D eigenvalue weighted by atomic mass is 10.1. The molecule has 21 heavy (non-hydrogen) atoms. The van der Waals surface area contributed by atoms with Crippen molar-refractivity contribution in [1.29, 1.82) is 0 Å². The molecule has 8 heteroatoms. The van der Waals surface area contributed by atoms with Gasteiger partial charge in [-0.15, -0.1) is 4.40 Å². The van der Waals surface area contributed by atoms with Gasteiger partial charge in [-0.05, 0) is 17.7 Å². The summed E-state index contributed by atoms with van der Waals surface area (Å²) >= 11 is 0. The third-order valence-electron chi connectivity index (χ3n) is 3.08. The van der Waals surface area contributed by atoms with Crippen LogP contribution in [0.25, 0.3) is 0 Å². The fraction of sp³-hybridized carbons (Fsp3) is 0.231. The molecule has 0 amide bonds. The molecule has 1 aliphatic heterocycles. The van der Waals surface area contributed by atoms with Crippen molar-refractivity contribution < 1.29 is 13.2 Å². The molecule has 0 unspecified atom stereocenters. The predicted octanol–water partition coefficient (Wildman–Crippen LogP) is 0.511. The predicted molar refractivity (Wildman–Crippen MR) is 77.5 cm³/mol. The van der Waals surface area contributed by atoms with E-state index in [2.05, 4.69) is 9.50 Å². The number of hydrogen-bond donors (Lipinski definition) is 1. The number of sulfonamides is 1. The van der Waals surface area contributed by atoms with E-state index < -0.39 is 10.0 Å². The lowest BCUT2D eigenvalue weighted by Gasteiger charge is -2.18. The molecule has 2 heterocycles. The van der Waals surface area contributed by atoms with E-state index in [0.717, 1.165) is 0 Å². The third kappa shape index (κ3) is 2.89. The molecule has 0 saturated heterocycles. The van der Waals surface area contributed by atoms with Crippen molar-refractivity contribution in [3.05, 3.63) is 47.8 Å². The van der Waals surface area contributed by atoms with Crippen LogP contribution in [0.1, 0.15) is 11.1 Å². The van der Waals surface area contributed by atoms with Crippen molar-refractivity contribution in [3.8, 4) is 5.75 Å². The summed E-state index contributed by atoms with van der Waals surface area (Å²) in [7, 11) is -3.52. The van der Waals surface area contributed by atoms with Crippen LogP contribution in [0.3, 0.4) is 0 Å². The molecule has 0 fully saturated rings. The number of nitrogens with zero attached hydrogens (tertiary/aromatic N) is 3. The minimum absolute atomic E-state index is 0.0223. The molecule has 1 aromatic heterocycles. The first-order chi connectivity index (χ1) is 10.1. The van der Waals surface area contributed by atoms with Gasteiger partial charge in [0.25, 0.3) is 10.0 Å². The second kappa shape index (κ2) is 5.21. The van der Waals surface area contributed by atoms with Crippen LogP contribution >= 0.6 is 0 Å². The number of rotatable bonds is 4. The topological polar surface area (TPSA) is 99.6 Å². The molecule has 2 N–H and O–H groups in total. The Morgan fingerprint density at radius 3 is 2.95 bits per heavy atom. The van der Waals surface area contributed by atoms with Gasteiger partial charge in [-0.2, -0.15) is 5.10 Å². The molecule has 2 aromatic rings. The highest BCUT2D eigenvalue weighted by Crippen LogP contribution is 2.27. The number of fused-ring (bicyclic) bond motifs is 1. The molecule has 0 spiro atoms. The number of nitrogens with two attached hydrogens (primary N) is 1. The average Bonchev–Trinajstić information content (AvgIpc) is 2.90. The summed E-state index contributed by atoms with van der Waals surface area (Å²) in [5, 5.41) is 4.08. The second-order valence-corrected chi connectivity index (χ2v) is 6.25. The van der Waals surface area contributed by atoms with Gasteiger partial charge in [0.15, 0.2) is 0 Å². The van der Waals surface area contributed by atoms with E-state index in [9.17, 15) is 8.42 Å². The first kappa shape index (κ1) is 13.6. The highest BCUT2D eigenvalue weighted by atomic mass is 32.2. The lowest BCUT2D eigenvalue weighted by Crippen LogP contribution is -2.25. The smallest absolute Gasteiger partial charge is 0.259 e. The largest absolute Gasteiger partial charge is 0.491 e. The minimum atomic E-state index is -3.52. The average molecular weight is 306 g/mol. The van der Waals surface area contributed by atoms with E-state index in [1.165, 1.54) is 0 Å². The van der Waals surface area contributed by atoms with E-state index >= 15 is 0 Å². The third-order valence-corrected chi connectivity index (χ3v) is 4.23. The first-order valence-electron chi connectivity index (χ1n) is 6.36. The summed E-state index contributed by atoms with van der Waals surface area (Å²) in [4.78, 5) is 0. The van der Waals surface area contributed by atoms with Gasteiger partial charge in [0.1, 0.15) is 18.2 Å². The van der Waals surface area contributed by atoms with Crippen LogP contribution in [0.4, 0.5) is 0 Å². The zero-order valence-corrected chi connectivity index (χ0v) is 12.0. The fourth-order valence-electron chi connectivity index (χ4n) is 2.21. The summed E-state index contributed by atoms with van der Waals surface area (Å²) in [5.74, 6) is 0.362. The van der Waals surface area contributed by atoms with Crippen molar-refractivity contribution in [1.82, 2.24) is 9.78 Å². The van der Waals surface area contributed by atoms with E-state index in [1.54, 1.807) is 29.1 Å². The fourth-order valence-corrected chi connectivity index (χ4v) is 3.30. The standard InChI is InChI=1S/C13H14N4O3S/c14-13-12-10(9-21(18,19)16-13)3-1-4-11(12)20-8-7-17-6-2-5-15-17/h1-6H,7-9H2,(H2,14,16). The molecule has 1 aliphatic rings. The summed E-state index contributed by atoms with van der Waals surface area (Å²) in [6, 6.07) is 7.05. The molecule has 0 atom stereocenters. The van der Waals surface area contributed by atoms with E-state index in [0.29, 0.717) is 30.0 Å². The first-order valence-corrected chi connectivity index (χ1v) is 7.97. The van der Waals surface area contributed by atoms with Gasteiger partial charge in [-0.25, -0.2) is 8.42 Å². The van der Waals surface area contributed by atoms with Gasteiger partial charge in [0.2, 0.25) is 0 Å². The molecule has 0 radical (unpaired) electrons. The van der Waals surface area contributed by atoms with Gasteiger partial charge in [-0.3, -0.25) is 4.68 Å². The summed E-state index contributed by atoms with van der Waals surface area (Å²) in [6.07, 6.45) is 3.53. The van der Waals surface area contributed by atoms with Crippen LogP contribution in [0, 0.1) is 0 Å². The monoisotopic (exact) mass is 306 g/mol. The Morgan fingerprint density at radius 1 is 1.33 bits per heavy atom. The van der Waals surface area contributed by atoms with Gasteiger partial charge >= 0.3 is 0 Å². The second-order valence-electron chi connectivity index (χ2n) is 4.61. The molecule has 0 bridgehead atoms. The Labute approximate surface area is 122 Å². The summed E-state index contributed by atoms with van der Waals surface area (Å²) in [5.41, 5.74) is 6.94. The number of ether oxygens (including phenoxy) is 1. The molecule has 1 aromatic carbocycles. The maximum absolute atomic E-state index is 11.6. The Hall–Kier alpha value is -2.35. The highest BCUT2D eigenvalue weighted by molar-refractivity contribution is 7.89. The van der Waals surface area contributed by atoms with Crippen LogP contribution < -0.4 is 10.5 Å². The van der Waals surface area contributed by atoms with Crippen LogP contribution in [0.15, 0.2) is 41.1 Å². The number of aromatic nitrogens is 2. The van der Waals surface area contributed by atoms with Crippen LogP contribution in [0.2, 0.25) is 0 Å². The van der Waals surface area contributed by atoms with Crippen molar-refractivity contribution >= 4 is 15.9 Å². The van der Waals surface area contributed by atoms with Gasteiger partial charge in [0, 0.05) is 12.4 Å². The Balaban J connectivity index is 1.81. The Morgan fingerprint density at radius 2 is 2.19 bits per heavy atom. The minimum Gasteiger partial charge on any atom is -0.491 e. The van der Waals surface area contributed by atoms with E-state index in [4.69, 9.17) is 10.5 Å². The maximum atomic E-state index is 11.6. The van der Waals surface area contributed by atoms with Crippen molar-refractivity contribution in [2.75, 3.05) is 6.61 Å². The molecule has 3 rings (SSSR count). The highest BCUT2D eigenvalue weighted by Gasteiger charge is 2.24. The molecular weight excluding hydrogens is 292 g/mol. The van der Waals surface area contributed by atoms with Crippen molar-refractivity contribution in [3.63, 3.8) is 0 Å². The van der Waals surface area contributed by atoms with E-state index in [1.807, 2.05) is 12.3 Å². The molecule has 7 nitrogen and oxygen atoms in total. The summed E-state index contributed by atoms with van der Waals surface area (Å²) in [6.45, 7) is 0.990.